The second-order valence-corrected chi connectivity index (χ2v) is 6.00. The van der Waals surface area contributed by atoms with Crippen LogP contribution in [0.25, 0.3) is 0 Å². The number of likely N-dealkylation sites (N-methyl/N-ethyl adjacent to an activating group) is 1. The normalized spacial score (nSPS) is 19.7. The lowest BCUT2D eigenvalue weighted by Crippen LogP contribution is -2.46. The summed E-state index contributed by atoms with van der Waals surface area (Å²) in [5.74, 6) is -0.339. The Labute approximate surface area is 137 Å². The first-order valence-electron chi connectivity index (χ1n) is 8.13. The van der Waals surface area contributed by atoms with Gasteiger partial charge in [0.15, 0.2) is 0 Å². The van der Waals surface area contributed by atoms with E-state index in [-0.39, 0.29) is 12.5 Å². The van der Waals surface area contributed by atoms with Crippen LogP contribution in [0.5, 0.6) is 0 Å². The summed E-state index contributed by atoms with van der Waals surface area (Å²) >= 11 is 0. The van der Waals surface area contributed by atoms with Crippen molar-refractivity contribution in [3.05, 3.63) is 35.9 Å². The molecule has 23 heavy (non-hydrogen) atoms. The van der Waals surface area contributed by atoms with Crippen LogP contribution in [0.15, 0.2) is 30.3 Å². The SMILES string of the molecule is CCN(CC(=O)NC(N)=O)[C@H]1CCN([C@H](C)c2ccccc2)C1. The number of carbonyl (C=O) groups is 2. The topological polar surface area (TPSA) is 78.7 Å². The fourth-order valence-corrected chi connectivity index (χ4v) is 3.22. The van der Waals surface area contributed by atoms with Gasteiger partial charge in [0.05, 0.1) is 6.54 Å². The maximum absolute atomic E-state index is 11.7. The van der Waals surface area contributed by atoms with Gasteiger partial charge in [-0.15, -0.1) is 0 Å². The van der Waals surface area contributed by atoms with E-state index in [1.165, 1.54) is 5.56 Å². The Kier molecular flexibility index (Phi) is 6.12. The summed E-state index contributed by atoms with van der Waals surface area (Å²) in [6, 6.07) is 10.3. The van der Waals surface area contributed by atoms with Crippen molar-refractivity contribution in [2.75, 3.05) is 26.2 Å². The third-order valence-corrected chi connectivity index (χ3v) is 4.56. The van der Waals surface area contributed by atoms with E-state index in [9.17, 15) is 9.59 Å². The molecular weight excluding hydrogens is 292 g/mol. The molecule has 126 valence electrons. The van der Waals surface area contributed by atoms with Crippen LogP contribution in [0.2, 0.25) is 0 Å². The summed E-state index contributed by atoms with van der Waals surface area (Å²) in [6.45, 7) is 7.15. The third-order valence-electron chi connectivity index (χ3n) is 4.56. The summed E-state index contributed by atoms with van der Waals surface area (Å²) in [4.78, 5) is 27.1. The number of urea groups is 1. The molecule has 1 aliphatic heterocycles. The van der Waals surface area contributed by atoms with E-state index in [0.717, 1.165) is 26.1 Å². The Hall–Kier alpha value is -1.92. The van der Waals surface area contributed by atoms with Crippen LogP contribution >= 0.6 is 0 Å². The van der Waals surface area contributed by atoms with E-state index < -0.39 is 6.03 Å². The van der Waals surface area contributed by atoms with E-state index in [1.807, 2.05) is 13.0 Å². The van der Waals surface area contributed by atoms with Crippen molar-refractivity contribution in [3.8, 4) is 0 Å². The molecule has 1 heterocycles. The smallest absolute Gasteiger partial charge is 0.318 e. The fraction of sp³-hybridized carbons (Fsp3) is 0.529. The van der Waals surface area contributed by atoms with E-state index in [1.54, 1.807) is 0 Å². The highest BCUT2D eigenvalue weighted by molar-refractivity contribution is 5.94. The molecule has 3 N–H and O–H groups in total. The number of hydrogen-bond acceptors (Lipinski definition) is 4. The Bertz CT molecular complexity index is 535. The molecule has 0 aromatic heterocycles. The van der Waals surface area contributed by atoms with Gasteiger partial charge in [0.2, 0.25) is 5.91 Å². The summed E-state index contributed by atoms with van der Waals surface area (Å²) in [7, 11) is 0. The molecule has 6 heteroatoms. The molecule has 2 rings (SSSR count). The number of primary amides is 1. The van der Waals surface area contributed by atoms with Gasteiger partial charge in [-0.05, 0) is 25.5 Å². The van der Waals surface area contributed by atoms with Gasteiger partial charge < -0.3 is 5.73 Å². The van der Waals surface area contributed by atoms with E-state index in [0.29, 0.717) is 12.1 Å². The summed E-state index contributed by atoms with van der Waals surface area (Å²) in [6.07, 6.45) is 1.02. The predicted molar refractivity (Wildman–Crippen MR) is 89.8 cm³/mol. The molecule has 2 atom stereocenters. The van der Waals surface area contributed by atoms with Gasteiger partial charge in [-0.3, -0.25) is 19.9 Å². The minimum atomic E-state index is -0.795. The van der Waals surface area contributed by atoms with Gasteiger partial charge in [0.25, 0.3) is 0 Å². The molecule has 1 fully saturated rings. The Balaban J connectivity index is 1.92. The molecule has 0 saturated carbocycles. The number of nitrogens with two attached hydrogens (primary N) is 1. The highest BCUT2D eigenvalue weighted by Crippen LogP contribution is 2.26. The summed E-state index contributed by atoms with van der Waals surface area (Å²) in [5, 5.41) is 2.14. The van der Waals surface area contributed by atoms with Crippen molar-refractivity contribution in [2.45, 2.75) is 32.4 Å². The molecule has 1 aliphatic rings. The fourth-order valence-electron chi connectivity index (χ4n) is 3.22. The van der Waals surface area contributed by atoms with Crippen molar-refractivity contribution in [2.24, 2.45) is 5.73 Å². The Morgan fingerprint density at radius 3 is 2.70 bits per heavy atom. The zero-order valence-electron chi connectivity index (χ0n) is 13.9. The molecule has 0 spiro atoms. The monoisotopic (exact) mass is 318 g/mol. The van der Waals surface area contributed by atoms with Crippen molar-refractivity contribution in [1.29, 1.82) is 0 Å². The molecule has 1 saturated heterocycles. The minimum Gasteiger partial charge on any atom is -0.351 e. The maximum atomic E-state index is 11.7. The van der Waals surface area contributed by atoms with Crippen LogP contribution in [0.3, 0.4) is 0 Å². The number of imide groups is 1. The number of hydrogen-bond donors (Lipinski definition) is 2. The van der Waals surface area contributed by atoms with Crippen molar-refractivity contribution < 1.29 is 9.59 Å². The van der Waals surface area contributed by atoms with Gasteiger partial charge in [0, 0.05) is 25.2 Å². The molecule has 0 bridgehead atoms. The van der Waals surface area contributed by atoms with Gasteiger partial charge in [-0.1, -0.05) is 37.3 Å². The van der Waals surface area contributed by atoms with Crippen LogP contribution in [0.1, 0.15) is 31.9 Å². The second kappa shape index (κ2) is 8.08. The molecular formula is C17H26N4O2. The minimum absolute atomic E-state index is 0.206. The van der Waals surface area contributed by atoms with E-state index in [4.69, 9.17) is 5.73 Å². The molecule has 1 aromatic carbocycles. The highest BCUT2D eigenvalue weighted by atomic mass is 16.2. The predicted octanol–water partition coefficient (Wildman–Crippen LogP) is 1.34. The first-order chi connectivity index (χ1) is 11.0. The number of nitrogens with zero attached hydrogens (tertiary/aromatic N) is 2. The number of likely N-dealkylation sites (tertiary alicyclic amines) is 1. The number of benzene rings is 1. The molecule has 0 radical (unpaired) electrons. The quantitative estimate of drug-likeness (QED) is 0.829. The standard InChI is InChI=1S/C17H26N4O2/c1-3-20(12-16(22)19-17(18)23)15-9-10-21(11-15)13(2)14-7-5-4-6-8-14/h4-8,13,15H,3,9-12H2,1-2H3,(H3,18,19,22,23)/t13-,15+/m1/s1. The number of nitrogens with one attached hydrogen (secondary N) is 1. The molecule has 1 aromatic rings. The number of rotatable bonds is 6. The second-order valence-electron chi connectivity index (χ2n) is 6.00. The number of carbonyl (C=O) groups excluding carboxylic acids is 2. The first-order valence-corrected chi connectivity index (χ1v) is 8.13. The Morgan fingerprint density at radius 2 is 2.09 bits per heavy atom. The van der Waals surface area contributed by atoms with Crippen LogP contribution < -0.4 is 11.1 Å². The van der Waals surface area contributed by atoms with Crippen molar-refractivity contribution >= 4 is 11.9 Å². The lowest BCUT2D eigenvalue weighted by atomic mass is 10.1. The first kappa shape index (κ1) is 17.4. The van der Waals surface area contributed by atoms with Crippen LogP contribution in [-0.2, 0) is 4.79 Å². The van der Waals surface area contributed by atoms with Crippen LogP contribution in [-0.4, -0.2) is 54.0 Å². The highest BCUT2D eigenvalue weighted by Gasteiger charge is 2.30. The van der Waals surface area contributed by atoms with E-state index in [2.05, 4.69) is 46.3 Å². The van der Waals surface area contributed by atoms with Gasteiger partial charge in [-0.2, -0.15) is 0 Å². The van der Waals surface area contributed by atoms with Gasteiger partial charge in [0.1, 0.15) is 0 Å². The van der Waals surface area contributed by atoms with Crippen molar-refractivity contribution in [1.82, 2.24) is 15.1 Å². The maximum Gasteiger partial charge on any atom is 0.318 e. The van der Waals surface area contributed by atoms with Gasteiger partial charge >= 0.3 is 6.03 Å². The summed E-state index contributed by atoms with van der Waals surface area (Å²) < 4.78 is 0. The lowest BCUT2D eigenvalue weighted by molar-refractivity contribution is -0.121. The molecule has 0 aliphatic carbocycles. The lowest BCUT2D eigenvalue weighted by Gasteiger charge is -2.29. The largest absolute Gasteiger partial charge is 0.351 e. The zero-order valence-corrected chi connectivity index (χ0v) is 13.9. The van der Waals surface area contributed by atoms with Crippen molar-refractivity contribution in [3.63, 3.8) is 0 Å². The van der Waals surface area contributed by atoms with E-state index >= 15 is 0 Å². The third kappa shape index (κ3) is 4.77. The summed E-state index contributed by atoms with van der Waals surface area (Å²) in [5.41, 5.74) is 6.30. The molecule has 0 unspecified atom stereocenters. The Morgan fingerprint density at radius 1 is 1.39 bits per heavy atom. The molecule has 6 nitrogen and oxygen atoms in total. The van der Waals surface area contributed by atoms with Crippen LogP contribution in [0.4, 0.5) is 4.79 Å². The van der Waals surface area contributed by atoms with Gasteiger partial charge in [-0.25, -0.2) is 4.79 Å². The molecule has 3 amide bonds. The average molecular weight is 318 g/mol. The zero-order chi connectivity index (χ0) is 16.8. The van der Waals surface area contributed by atoms with Crippen LogP contribution in [0, 0.1) is 0 Å². The average Bonchev–Trinajstić information content (AvgIpc) is 3.01. The number of amides is 3.